The maximum absolute atomic E-state index is 5.39. The molecule has 10 heavy (non-hydrogen) atoms. The predicted molar refractivity (Wildman–Crippen MR) is 39.7 cm³/mol. The lowest BCUT2D eigenvalue weighted by atomic mass is 10.2. The number of hydrogen-bond acceptors (Lipinski definition) is 2. The van der Waals surface area contributed by atoms with Gasteiger partial charge in [-0.3, -0.25) is 0 Å². The molecule has 1 rings (SSSR count). The summed E-state index contributed by atoms with van der Waals surface area (Å²) >= 11 is 0. The van der Waals surface area contributed by atoms with Crippen LogP contribution in [-0.2, 0) is 9.47 Å². The van der Waals surface area contributed by atoms with E-state index in [1.165, 1.54) is 0 Å². The minimum atomic E-state index is -0.535. The summed E-state index contributed by atoms with van der Waals surface area (Å²) in [6.07, 6.45) is 1.69. The summed E-state index contributed by atoms with van der Waals surface area (Å²) < 4.78 is 10.8. The van der Waals surface area contributed by atoms with Crippen molar-refractivity contribution in [3.8, 4) is 0 Å². The average molecular weight is 142 g/mol. The van der Waals surface area contributed by atoms with Crippen molar-refractivity contribution in [1.82, 2.24) is 0 Å². The molecule has 1 heterocycles. The van der Waals surface area contributed by atoms with Crippen LogP contribution in [0.2, 0.25) is 0 Å². The molecule has 0 aromatic carbocycles. The van der Waals surface area contributed by atoms with Gasteiger partial charge in [0.25, 0.3) is 0 Å². The van der Waals surface area contributed by atoms with Crippen LogP contribution in [0.3, 0.4) is 0 Å². The van der Waals surface area contributed by atoms with Crippen molar-refractivity contribution in [3.05, 3.63) is 12.7 Å². The zero-order valence-corrected chi connectivity index (χ0v) is 6.59. The van der Waals surface area contributed by atoms with Gasteiger partial charge in [-0.15, -0.1) is 0 Å². The van der Waals surface area contributed by atoms with Gasteiger partial charge >= 0.3 is 0 Å². The normalized spacial score (nSPS) is 41.2. The molecule has 1 aliphatic rings. The monoisotopic (exact) mass is 142 g/mol. The molecule has 2 nitrogen and oxygen atoms in total. The molecule has 0 atom stereocenters. The molecule has 0 radical (unpaired) electrons. The van der Waals surface area contributed by atoms with Gasteiger partial charge in [0.2, 0.25) is 0 Å². The molecule has 2 heteroatoms. The second-order valence-electron chi connectivity index (χ2n) is 2.95. The first-order valence-electron chi connectivity index (χ1n) is 3.58. The van der Waals surface area contributed by atoms with Gasteiger partial charge < -0.3 is 9.47 Å². The van der Waals surface area contributed by atoms with Gasteiger partial charge in [0, 0.05) is 5.92 Å². The molecule has 0 aromatic heterocycles. The van der Waals surface area contributed by atoms with Crippen molar-refractivity contribution in [2.24, 2.45) is 5.92 Å². The van der Waals surface area contributed by atoms with Crippen LogP contribution in [0.5, 0.6) is 0 Å². The molecule has 1 saturated heterocycles. The van der Waals surface area contributed by atoms with Crippen molar-refractivity contribution in [1.29, 1.82) is 0 Å². The van der Waals surface area contributed by atoms with Crippen molar-refractivity contribution < 1.29 is 9.47 Å². The molecule has 0 amide bonds. The summed E-state index contributed by atoms with van der Waals surface area (Å²) in [5.74, 6) is -0.0278. The average Bonchev–Trinajstić information content (AvgIpc) is 1.96. The molecule has 0 bridgehead atoms. The molecule has 0 N–H and O–H groups in total. The fourth-order valence-electron chi connectivity index (χ4n) is 0.823. The largest absolute Gasteiger partial charge is 0.346 e. The van der Waals surface area contributed by atoms with Crippen LogP contribution in [0.1, 0.15) is 13.8 Å². The summed E-state index contributed by atoms with van der Waals surface area (Å²) in [5.41, 5.74) is 0. The highest BCUT2D eigenvalue weighted by Crippen LogP contribution is 2.21. The van der Waals surface area contributed by atoms with E-state index in [0.717, 1.165) is 13.2 Å². The molecular weight excluding hydrogens is 128 g/mol. The molecule has 0 spiro atoms. The third-order valence-corrected chi connectivity index (χ3v) is 1.68. The highest BCUT2D eigenvalue weighted by Gasteiger charge is 2.27. The molecule has 0 aromatic rings. The van der Waals surface area contributed by atoms with Crippen molar-refractivity contribution >= 4 is 0 Å². The summed E-state index contributed by atoms with van der Waals surface area (Å²) in [4.78, 5) is 0. The van der Waals surface area contributed by atoms with Crippen LogP contribution >= 0.6 is 0 Å². The van der Waals surface area contributed by atoms with Crippen LogP contribution in [0.25, 0.3) is 0 Å². The third-order valence-electron chi connectivity index (χ3n) is 1.68. The third kappa shape index (κ3) is 1.58. The van der Waals surface area contributed by atoms with Gasteiger partial charge in [0.1, 0.15) is 0 Å². The van der Waals surface area contributed by atoms with E-state index in [1.807, 2.05) is 6.92 Å². The standard InChI is InChI=1S/C8H14O2/c1-4-8(3)9-5-7(2)6-10-8/h4,7H,1,5-6H2,2-3H3. The van der Waals surface area contributed by atoms with Gasteiger partial charge in [-0.05, 0) is 13.0 Å². The minimum Gasteiger partial charge on any atom is -0.346 e. The Hall–Kier alpha value is -0.340. The molecule has 1 aliphatic heterocycles. The summed E-state index contributed by atoms with van der Waals surface area (Å²) in [6, 6.07) is 0. The summed E-state index contributed by atoms with van der Waals surface area (Å²) in [6.45, 7) is 9.14. The van der Waals surface area contributed by atoms with Gasteiger partial charge in [-0.1, -0.05) is 13.5 Å². The smallest absolute Gasteiger partial charge is 0.184 e. The maximum Gasteiger partial charge on any atom is 0.184 e. The second kappa shape index (κ2) is 2.72. The zero-order valence-electron chi connectivity index (χ0n) is 6.59. The van der Waals surface area contributed by atoms with Gasteiger partial charge in [-0.2, -0.15) is 0 Å². The van der Waals surface area contributed by atoms with E-state index in [4.69, 9.17) is 9.47 Å². The maximum atomic E-state index is 5.39. The van der Waals surface area contributed by atoms with Crippen molar-refractivity contribution in [2.45, 2.75) is 19.6 Å². The van der Waals surface area contributed by atoms with Gasteiger partial charge in [-0.25, -0.2) is 0 Å². The van der Waals surface area contributed by atoms with Crippen LogP contribution in [-0.4, -0.2) is 19.0 Å². The van der Waals surface area contributed by atoms with Crippen LogP contribution < -0.4 is 0 Å². The lowest BCUT2D eigenvalue weighted by Gasteiger charge is -2.33. The number of rotatable bonds is 1. The van der Waals surface area contributed by atoms with E-state index in [1.54, 1.807) is 6.08 Å². The Bertz CT molecular complexity index is 123. The Morgan fingerprint density at radius 3 is 2.40 bits per heavy atom. The van der Waals surface area contributed by atoms with E-state index in [-0.39, 0.29) is 0 Å². The first kappa shape index (κ1) is 7.76. The van der Waals surface area contributed by atoms with E-state index in [9.17, 15) is 0 Å². The fraction of sp³-hybridized carbons (Fsp3) is 0.750. The highest BCUT2D eigenvalue weighted by atomic mass is 16.7. The lowest BCUT2D eigenvalue weighted by Crippen LogP contribution is -2.39. The van der Waals surface area contributed by atoms with E-state index in [2.05, 4.69) is 13.5 Å². The van der Waals surface area contributed by atoms with Crippen LogP contribution in [0.4, 0.5) is 0 Å². The molecule has 1 fully saturated rings. The van der Waals surface area contributed by atoms with E-state index in [0.29, 0.717) is 5.92 Å². The first-order valence-corrected chi connectivity index (χ1v) is 3.58. The Kier molecular flexibility index (Phi) is 2.11. The van der Waals surface area contributed by atoms with Crippen molar-refractivity contribution in [3.63, 3.8) is 0 Å². The molecule has 0 aliphatic carbocycles. The lowest BCUT2D eigenvalue weighted by molar-refractivity contribution is -0.241. The Labute approximate surface area is 61.8 Å². The Morgan fingerprint density at radius 2 is 2.00 bits per heavy atom. The fourth-order valence-corrected chi connectivity index (χ4v) is 0.823. The van der Waals surface area contributed by atoms with Gasteiger partial charge in [0.15, 0.2) is 5.79 Å². The highest BCUT2D eigenvalue weighted by molar-refractivity contribution is 4.87. The topological polar surface area (TPSA) is 18.5 Å². The molecule has 58 valence electrons. The quantitative estimate of drug-likeness (QED) is 0.517. The predicted octanol–water partition coefficient (Wildman–Crippen LogP) is 1.57. The number of hydrogen-bond donors (Lipinski definition) is 0. The molecule has 0 unspecified atom stereocenters. The van der Waals surface area contributed by atoms with Crippen molar-refractivity contribution in [2.75, 3.05) is 13.2 Å². The molecule has 0 saturated carbocycles. The van der Waals surface area contributed by atoms with E-state index < -0.39 is 5.79 Å². The first-order chi connectivity index (χ1) is 4.66. The Balaban J connectivity index is 2.46. The second-order valence-corrected chi connectivity index (χ2v) is 2.95. The zero-order chi connectivity index (χ0) is 7.61. The minimum absolute atomic E-state index is 0.507. The SMILES string of the molecule is C=CC1(C)OCC(C)CO1. The van der Waals surface area contributed by atoms with Crippen LogP contribution in [0, 0.1) is 5.92 Å². The van der Waals surface area contributed by atoms with Gasteiger partial charge in [0.05, 0.1) is 13.2 Å². The Morgan fingerprint density at radius 1 is 1.50 bits per heavy atom. The number of ether oxygens (including phenoxy) is 2. The summed E-state index contributed by atoms with van der Waals surface area (Å²) in [7, 11) is 0. The van der Waals surface area contributed by atoms with E-state index >= 15 is 0 Å². The molecular formula is C8H14O2. The summed E-state index contributed by atoms with van der Waals surface area (Å²) in [5, 5.41) is 0. The van der Waals surface area contributed by atoms with Crippen LogP contribution in [0.15, 0.2) is 12.7 Å².